The van der Waals surface area contributed by atoms with Crippen molar-refractivity contribution in [2.45, 2.75) is 44.7 Å². The number of nitrogens with zero attached hydrogens (tertiary/aromatic N) is 2. The molecule has 7 heteroatoms. The van der Waals surface area contributed by atoms with Crippen LogP contribution in [0.25, 0.3) is 0 Å². The van der Waals surface area contributed by atoms with Crippen molar-refractivity contribution in [2.75, 3.05) is 25.5 Å². The maximum Gasteiger partial charge on any atom is 0.251 e. The molecule has 2 N–H and O–H groups in total. The second kappa shape index (κ2) is 11.6. The molecule has 0 aliphatic carbocycles. The molecule has 196 valence electrons. The maximum atomic E-state index is 12.9. The van der Waals surface area contributed by atoms with Crippen molar-refractivity contribution in [1.82, 2.24) is 10.2 Å². The number of carbonyl (C=O) groups is 2. The predicted molar refractivity (Wildman–Crippen MR) is 150 cm³/mol. The number of nitrogens with one attached hydrogen (secondary N) is 2. The monoisotopic (exact) mass is 510 g/mol. The maximum absolute atomic E-state index is 12.9. The van der Waals surface area contributed by atoms with Gasteiger partial charge in [0.25, 0.3) is 5.91 Å². The molecule has 0 saturated carbocycles. The molecule has 2 atom stereocenters. The lowest BCUT2D eigenvalue weighted by molar-refractivity contribution is -0.115. The van der Waals surface area contributed by atoms with Gasteiger partial charge in [0.2, 0.25) is 5.91 Å². The highest BCUT2D eigenvalue weighted by Crippen LogP contribution is 2.33. The van der Waals surface area contributed by atoms with Gasteiger partial charge in [0.15, 0.2) is 0 Å². The van der Waals surface area contributed by atoms with Crippen LogP contribution in [0, 0.1) is 0 Å². The normalized spacial score (nSPS) is 18.2. The van der Waals surface area contributed by atoms with Crippen molar-refractivity contribution in [1.29, 1.82) is 0 Å². The Kier molecular flexibility index (Phi) is 7.84. The highest BCUT2D eigenvalue weighted by Gasteiger charge is 2.30. The van der Waals surface area contributed by atoms with Crippen LogP contribution in [-0.4, -0.2) is 43.1 Å². The number of methoxy groups -OCH3 is 1. The summed E-state index contributed by atoms with van der Waals surface area (Å²) in [5.74, 6) is -0.109. The van der Waals surface area contributed by atoms with Crippen LogP contribution in [0.2, 0.25) is 0 Å². The number of piperidine rings is 1. The molecule has 2 aliphatic rings. The molecule has 2 amide bonds. The van der Waals surface area contributed by atoms with E-state index >= 15 is 0 Å². The molecule has 1 unspecified atom stereocenters. The number of benzene rings is 3. The van der Waals surface area contributed by atoms with E-state index in [4.69, 9.17) is 4.74 Å². The zero-order chi connectivity index (χ0) is 26.5. The molecule has 2 aliphatic heterocycles. The molecule has 38 heavy (non-hydrogen) atoms. The van der Waals surface area contributed by atoms with Gasteiger partial charge in [-0.05, 0) is 85.9 Å². The summed E-state index contributed by atoms with van der Waals surface area (Å²) in [6.45, 7) is 5.23. The fourth-order valence-corrected chi connectivity index (χ4v) is 5.07. The first-order valence-corrected chi connectivity index (χ1v) is 13.3. The van der Waals surface area contributed by atoms with E-state index in [0.29, 0.717) is 11.3 Å². The van der Waals surface area contributed by atoms with Gasteiger partial charge in [0.1, 0.15) is 11.7 Å². The lowest BCUT2D eigenvalue weighted by Crippen LogP contribution is -2.28. The molecule has 7 nitrogen and oxygen atoms in total. The summed E-state index contributed by atoms with van der Waals surface area (Å²) in [5, 5.41) is 5.92. The summed E-state index contributed by atoms with van der Waals surface area (Å²) in [7, 11) is 1.62. The molecule has 3 aromatic rings. The summed E-state index contributed by atoms with van der Waals surface area (Å²) < 4.78 is 5.28. The molecular formula is C31H34N4O3. The quantitative estimate of drug-likeness (QED) is 0.386. The van der Waals surface area contributed by atoms with Gasteiger partial charge in [0.05, 0.1) is 18.8 Å². The Morgan fingerprint density at radius 1 is 1.11 bits per heavy atom. The Hall–Kier alpha value is -3.97. The number of likely N-dealkylation sites (tertiary alicyclic amines) is 1. The Balaban J connectivity index is 1.23. The third kappa shape index (κ3) is 5.94. The molecule has 1 fully saturated rings. The van der Waals surface area contributed by atoms with Crippen LogP contribution >= 0.6 is 0 Å². The minimum absolute atomic E-state index is 0.146. The van der Waals surface area contributed by atoms with E-state index in [1.165, 1.54) is 37.9 Å². The second-order valence-electron chi connectivity index (χ2n) is 10.0. The van der Waals surface area contributed by atoms with Crippen molar-refractivity contribution in [3.63, 3.8) is 0 Å². The first-order chi connectivity index (χ1) is 18.5. The summed E-state index contributed by atoms with van der Waals surface area (Å²) in [6, 6.07) is 20.9. The third-order valence-corrected chi connectivity index (χ3v) is 7.30. The van der Waals surface area contributed by atoms with Crippen LogP contribution < -0.4 is 15.4 Å². The van der Waals surface area contributed by atoms with Crippen LogP contribution in [0.15, 0.2) is 71.7 Å². The van der Waals surface area contributed by atoms with Crippen molar-refractivity contribution >= 4 is 29.4 Å². The van der Waals surface area contributed by atoms with E-state index < -0.39 is 5.92 Å². The standard InChI is InChI=1S/C31H34N4O3/c1-21(23-7-6-8-26(17-23)38-2)33-30(36)24-11-14-27-28(31(37)34-29(27)18-24)19-32-25-12-9-22(10-13-25)20-35-15-4-3-5-16-35/h6-14,17-19,21,28H,3-5,15-16,20H2,1-2H3,(H,33,36)(H,34,37)/t21-,28?/m0/s1. The number of ether oxygens (including phenoxy) is 1. The van der Waals surface area contributed by atoms with Crippen LogP contribution in [0.1, 0.15) is 65.2 Å². The summed E-state index contributed by atoms with van der Waals surface area (Å²) in [5.41, 5.74) is 4.99. The fraction of sp³-hybridized carbons (Fsp3) is 0.323. The number of rotatable bonds is 8. The molecule has 0 spiro atoms. The zero-order valence-corrected chi connectivity index (χ0v) is 21.9. The molecule has 0 aromatic heterocycles. The number of aliphatic imine (C=N–C) groups is 1. The summed E-state index contributed by atoms with van der Waals surface area (Å²) in [6.07, 6.45) is 5.58. The van der Waals surface area contributed by atoms with Gasteiger partial charge in [-0.25, -0.2) is 0 Å². The Bertz CT molecular complexity index is 1330. The smallest absolute Gasteiger partial charge is 0.251 e. The molecule has 5 rings (SSSR count). The van der Waals surface area contributed by atoms with Crippen molar-refractivity contribution in [2.24, 2.45) is 4.99 Å². The van der Waals surface area contributed by atoms with E-state index in [1.54, 1.807) is 25.5 Å². The largest absolute Gasteiger partial charge is 0.497 e. The van der Waals surface area contributed by atoms with Crippen molar-refractivity contribution in [3.05, 3.63) is 89.0 Å². The van der Waals surface area contributed by atoms with Gasteiger partial charge in [-0.3, -0.25) is 19.5 Å². The molecule has 1 saturated heterocycles. The third-order valence-electron chi connectivity index (χ3n) is 7.30. The van der Waals surface area contributed by atoms with Crippen LogP contribution in [-0.2, 0) is 11.3 Å². The Labute approximate surface area is 223 Å². The number of carbonyl (C=O) groups excluding carboxylic acids is 2. The fourth-order valence-electron chi connectivity index (χ4n) is 5.07. The predicted octanol–water partition coefficient (Wildman–Crippen LogP) is 5.61. The van der Waals surface area contributed by atoms with Crippen LogP contribution in [0.4, 0.5) is 11.4 Å². The van der Waals surface area contributed by atoms with Gasteiger partial charge in [-0.2, -0.15) is 0 Å². The van der Waals surface area contributed by atoms with E-state index in [1.807, 2.05) is 49.4 Å². The number of anilines is 1. The summed E-state index contributed by atoms with van der Waals surface area (Å²) in [4.78, 5) is 32.7. The lowest BCUT2D eigenvalue weighted by Gasteiger charge is -2.26. The minimum Gasteiger partial charge on any atom is -0.497 e. The molecule has 2 heterocycles. The van der Waals surface area contributed by atoms with Gasteiger partial charge in [0, 0.05) is 24.0 Å². The van der Waals surface area contributed by atoms with Gasteiger partial charge >= 0.3 is 0 Å². The molecule has 0 bridgehead atoms. The number of fused-ring (bicyclic) bond motifs is 1. The van der Waals surface area contributed by atoms with E-state index in [0.717, 1.165) is 29.1 Å². The topological polar surface area (TPSA) is 83.0 Å². The lowest BCUT2D eigenvalue weighted by atomic mass is 10.00. The first-order valence-electron chi connectivity index (χ1n) is 13.3. The molecular weight excluding hydrogens is 476 g/mol. The Morgan fingerprint density at radius 3 is 2.66 bits per heavy atom. The molecule has 3 aromatic carbocycles. The minimum atomic E-state index is -0.495. The SMILES string of the molecule is COc1cccc([C@H](C)NC(=O)c2ccc3c(c2)NC(=O)C3C=Nc2ccc(CN3CCCCC3)cc2)c1. The highest BCUT2D eigenvalue weighted by atomic mass is 16.5. The van der Waals surface area contributed by atoms with Gasteiger partial charge < -0.3 is 15.4 Å². The number of amides is 2. The second-order valence-corrected chi connectivity index (χ2v) is 10.0. The van der Waals surface area contributed by atoms with E-state index in [-0.39, 0.29) is 17.9 Å². The van der Waals surface area contributed by atoms with E-state index in [2.05, 4.69) is 32.7 Å². The molecule has 0 radical (unpaired) electrons. The summed E-state index contributed by atoms with van der Waals surface area (Å²) >= 11 is 0. The van der Waals surface area contributed by atoms with Gasteiger partial charge in [-0.1, -0.05) is 36.8 Å². The van der Waals surface area contributed by atoms with Gasteiger partial charge in [-0.15, -0.1) is 0 Å². The first kappa shape index (κ1) is 25.7. The highest BCUT2D eigenvalue weighted by molar-refractivity contribution is 6.13. The number of hydrogen-bond donors (Lipinski definition) is 2. The van der Waals surface area contributed by atoms with Crippen molar-refractivity contribution in [3.8, 4) is 5.75 Å². The zero-order valence-electron chi connectivity index (χ0n) is 21.9. The average molecular weight is 511 g/mol. The van der Waals surface area contributed by atoms with Crippen LogP contribution in [0.3, 0.4) is 0 Å². The number of hydrogen-bond acceptors (Lipinski definition) is 5. The van der Waals surface area contributed by atoms with E-state index in [9.17, 15) is 9.59 Å². The Morgan fingerprint density at radius 2 is 1.89 bits per heavy atom. The van der Waals surface area contributed by atoms with Crippen molar-refractivity contribution < 1.29 is 14.3 Å². The van der Waals surface area contributed by atoms with Crippen LogP contribution in [0.5, 0.6) is 5.75 Å². The average Bonchev–Trinajstić information content (AvgIpc) is 3.27.